The van der Waals surface area contributed by atoms with E-state index in [0.29, 0.717) is 6.04 Å². The van der Waals surface area contributed by atoms with Crippen LogP contribution in [-0.4, -0.2) is 49.7 Å². The van der Waals surface area contributed by atoms with Gasteiger partial charge in [0.05, 0.1) is 0 Å². The number of nitrogens with one attached hydrogen (secondary N) is 1. The molecule has 4 heteroatoms. The second kappa shape index (κ2) is 5.88. The van der Waals surface area contributed by atoms with Gasteiger partial charge in [0, 0.05) is 38.4 Å². The molecule has 2 aliphatic rings. The largest absolute Gasteiger partial charge is 0.354 e. The van der Waals surface area contributed by atoms with E-state index in [1.165, 1.54) is 31.4 Å². The van der Waals surface area contributed by atoms with Gasteiger partial charge < -0.3 is 10.2 Å². The van der Waals surface area contributed by atoms with E-state index in [9.17, 15) is 0 Å². The third-order valence-corrected chi connectivity index (χ3v) is 4.37. The minimum Gasteiger partial charge on any atom is -0.354 e. The van der Waals surface area contributed by atoms with Crippen molar-refractivity contribution >= 4 is 5.82 Å². The summed E-state index contributed by atoms with van der Waals surface area (Å²) < 4.78 is 0. The fraction of sp³-hybridized carbons (Fsp3) is 0.667. The molecule has 3 heterocycles. The molecular weight excluding hydrogens is 236 g/mol. The maximum absolute atomic E-state index is 4.68. The van der Waals surface area contributed by atoms with Crippen molar-refractivity contribution in [1.82, 2.24) is 15.2 Å². The summed E-state index contributed by atoms with van der Waals surface area (Å²) in [6.07, 6.45) is 6.03. The highest BCUT2D eigenvalue weighted by Crippen LogP contribution is 2.29. The van der Waals surface area contributed by atoms with Gasteiger partial charge in [-0.3, -0.25) is 4.90 Å². The molecule has 0 bridgehead atoms. The quantitative estimate of drug-likeness (QED) is 0.876. The molecule has 1 aromatic rings. The zero-order valence-corrected chi connectivity index (χ0v) is 11.8. The maximum atomic E-state index is 4.68. The van der Waals surface area contributed by atoms with Crippen LogP contribution >= 0.6 is 0 Å². The molecule has 2 saturated heterocycles. The van der Waals surface area contributed by atoms with E-state index in [1.807, 2.05) is 0 Å². The smallest absolute Gasteiger partial charge is 0.128 e. The van der Waals surface area contributed by atoms with E-state index in [0.717, 1.165) is 32.0 Å². The summed E-state index contributed by atoms with van der Waals surface area (Å²) in [4.78, 5) is 9.51. The molecule has 0 aliphatic carbocycles. The lowest BCUT2D eigenvalue weighted by molar-refractivity contribution is 0.187. The Labute approximate surface area is 115 Å². The molecule has 0 radical (unpaired) electrons. The van der Waals surface area contributed by atoms with E-state index in [2.05, 4.69) is 45.5 Å². The lowest BCUT2D eigenvalue weighted by Crippen LogP contribution is -2.43. The standard InChI is InChI=1S/C15H24N4/c1-18-9-3-2-4-14(18)13-5-6-15(17-12-13)19-10-7-16-8-11-19/h5-6,12,14,16H,2-4,7-11H2,1H3/t14-/m1/s1. The van der Waals surface area contributed by atoms with Crippen LogP contribution in [0.2, 0.25) is 0 Å². The number of piperazine rings is 1. The minimum absolute atomic E-state index is 0.568. The Kier molecular flexibility index (Phi) is 3.99. The number of hydrogen-bond donors (Lipinski definition) is 1. The SMILES string of the molecule is CN1CCCC[C@@H]1c1ccc(N2CCNCC2)nc1. The summed E-state index contributed by atoms with van der Waals surface area (Å²) in [6, 6.07) is 5.04. The van der Waals surface area contributed by atoms with Crippen molar-refractivity contribution < 1.29 is 0 Å². The molecule has 0 amide bonds. The van der Waals surface area contributed by atoms with Crippen LogP contribution in [0.3, 0.4) is 0 Å². The predicted molar refractivity (Wildman–Crippen MR) is 78.5 cm³/mol. The molecule has 2 fully saturated rings. The van der Waals surface area contributed by atoms with Crippen LogP contribution in [0.5, 0.6) is 0 Å². The summed E-state index contributed by atoms with van der Waals surface area (Å²) in [5, 5.41) is 3.38. The van der Waals surface area contributed by atoms with Crippen molar-refractivity contribution in [2.75, 3.05) is 44.7 Å². The van der Waals surface area contributed by atoms with Crippen LogP contribution in [0.25, 0.3) is 0 Å². The number of anilines is 1. The van der Waals surface area contributed by atoms with E-state index in [1.54, 1.807) is 0 Å². The summed E-state index contributed by atoms with van der Waals surface area (Å²) >= 11 is 0. The second-order valence-corrected chi connectivity index (χ2v) is 5.68. The summed E-state index contributed by atoms with van der Waals surface area (Å²) in [5.41, 5.74) is 1.38. The van der Waals surface area contributed by atoms with Gasteiger partial charge in [0.2, 0.25) is 0 Å². The van der Waals surface area contributed by atoms with Gasteiger partial charge in [-0.15, -0.1) is 0 Å². The van der Waals surface area contributed by atoms with Gasteiger partial charge in [0.15, 0.2) is 0 Å². The Bertz CT molecular complexity index is 397. The topological polar surface area (TPSA) is 31.4 Å². The number of hydrogen-bond acceptors (Lipinski definition) is 4. The molecule has 2 aliphatic heterocycles. The number of rotatable bonds is 2. The summed E-state index contributed by atoms with van der Waals surface area (Å²) in [7, 11) is 2.23. The fourth-order valence-corrected chi connectivity index (χ4v) is 3.17. The molecule has 0 aromatic carbocycles. The Morgan fingerprint density at radius 2 is 2.00 bits per heavy atom. The molecule has 4 nitrogen and oxygen atoms in total. The van der Waals surface area contributed by atoms with Gasteiger partial charge in [-0.2, -0.15) is 0 Å². The van der Waals surface area contributed by atoms with E-state index < -0.39 is 0 Å². The first kappa shape index (κ1) is 12.9. The van der Waals surface area contributed by atoms with Crippen LogP contribution in [-0.2, 0) is 0 Å². The average Bonchev–Trinajstić information content (AvgIpc) is 2.49. The number of nitrogens with zero attached hydrogens (tertiary/aromatic N) is 3. The number of pyridine rings is 1. The van der Waals surface area contributed by atoms with E-state index in [4.69, 9.17) is 0 Å². The van der Waals surface area contributed by atoms with Crippen LogP contribution in [0.1, 0.15) is 30.9 Å². The van der Waals surface area contributed by atoms with Crippen molar-refractivity contribution in [2.24, 2.45) is 0 Å². The van der Waals surface area contributed by atoms with Gasteiger partial charge in [-0.05, 0) is 38.1 Å². The third kappa shape index (κ3) is 2.90. The zero-order chi connectivity index (χ0) is 13.1. The van der Waals surface area contributed by atoms with Crippen LogP contribution < -0.4 is 10.2 Å². The van der Waals surface area contributed by atoms with Crippen molar-refractivity contribution in [3.05, 3.63) is 23.9 Å². The maximum Gasteiger partial charge on any atom is 0.128 e. The molecular formula is C15H24N4. The van der Waals surface area contributed by atoms with Crippen LogP contribution in [0.15, 0.2) is 18.3 Å². The van der Waals surface area contributed by atoms with Gasteiger partial charge >= 0.3 is 0 Å². The second-order valence-electron chi connectivity index (χ2n) is 5.68. The van der Waals surface area contributed by atoms with Gasteiger partial charge in [-0.1, -0.05) is 12.5 Å². The Morgan fingerprint density at radius 1 is 1.16 bits per heavy atom. The first-order valence-electron chi connectivity index (χ1n) is 7.46. The highest BCUT2D eigenvalue weighted by molar-refractivity contribution is 5.40. The Balaban J connectivity index is 1.70. The van der Waals surface area contributed by atoms with Crippen molar-refractivity contribution in [1.29, 1.82) is 0 Å². The molecule has 0 saturated carbocycles. The average molecular weight is 260 g/mol. The van der Waals surface area contributed by atoms with Crippen molar-refractivity contribution in [3.63, 3.8) is 0 Å². The van der Waals surface area contributed by atoms with E-state index in [-0.39, 0.29) is 0 Å². The third-order valence-electron chi connectivity index (χ3n) is 4.37. The molecule has 104 valence electrons. The molecule has 0 unspecified atom stereocenters. The zero-order valence-electron chi connectivity index (χ0n) is 11.8. The van der Waals surface area contributed by atoms with Gasteiger partial charge in [0.1, 0.15) is 5.82 Å². The highest BCUT2D eigenvalue weighted by Gasteiger charge is 2.21. The lowest BCUT2D eigenvalue weighted by Gasteiger charge is -2.33. The van der Waals surface area contributed by atoms with E-state index >= 15 is 0 Å². The molecule has 1 N–H and O–H groups in total. The van der Waals surface area contributed by atoms with Crippen molar-refractivity contribution in [2.45, 2.75) is 25.3 Å². The first-order chi connectivity index (χ1) is 9.34. The summed E-state index contributed by atoms with van der Waals surface area (Å²) in [5.74, 6) is 1.13. The predicted octanol–water partition coefficient (Wildman–Crippen LogP) is 1.65. The molecule has 1 aromatic heterocycles. The minimum atomic E-state index is 0.568. The Morgan fingerprint density at radius 3 is 2.68 bits per heavy atom. The Hall–Kier alpha value is -1.13. The normalized spacial score (nSPS) is 25.5. The molecule has 19 heavy (non-hydrogen) atoms. The number of aromatic nitrogens is 1. The van der Waals surface area contributed by atoms with Gasteiger partial charge in [0.25, 0.3) is 0 Å². The fourth-order valence-electron chi connectivity index (χ4n) is 3.17. The first-order valence-corrected chi connectivity index (χ1v) is 7.46. The molecule has 1 atom stereocenters. The monoisotopic (exact) mass is 260 g/mol. The highest BCUT2D eigenvalue weighted by atomic mass is 15.2. The van der Waals surface area contributed by atoms with Gasteiger partial charge in [-0.25, -0.2) is 4.98 Å². The summed E-state index contributed by atoms with van der Waals surface area (Å²) in [6.45, 7) is 5.47. The van der Waals surface area contributed by atoms with Crippen LogP contribution in [0, 0.1) is 0 Å². The lowest BCUT2D eigenvalue weighted by atomic mass is 9.97. The number of likely N-dealkylation sites (tertiary alicyclic amines) is 1. The van der Waals surface area contributed by atoms with Crippen LogP contribution in [0.4, 0.5) is 5.82 Å². The number of piperidine rings is 1. The molecule has 3 rings (SSSR count). The molecule has 0 spiro atoms. The van der Waals surface area contributed by atoms with Crippen molar-refractivity contribution in [3.8, 4) is 0 Å².